The lowest BCUT2D eigenvalue weighted by atomic mass is 10.2. The maximum absolute atomic E-state index is 5.78. The van der Waals surface area contributed by atoms with Gasteiger partial charge in [0.15, 0.2) is 0 Å². The van der Waals surface area contributed by atoms with Gasteiger partial charge in [0.05, 0.1) is 11.4 Å². The van der Waals surface area contributed by atoms with Crippen molar-refractivity contribution < 1.29 is 4.52 Å². The van der Waals surface area contributed by atoms with Crippen LogP contribution in [0.25, 0.3) is 11.4 Å². The van der Waals surface area contributed by atoms with Gasteiger partial charge >= 0.3 is 0 Å². The molecule has 0 aliphatic heterocycles. The number of thiocarbonyl (C=S) groups is 1. The summed E-state index contributed by atoms with van der Waals surface area (Å²) < 4.78 is 5.00. The molecule has 0 fully saturated rings. The molecule has 0 saturated heterocycles. The van der Waals surface area contributed by atoms with E-state index < -0.39 is 0 Å². The number of benzene rings is 1. The highest BCUT2D eigenvalue weighted by Crippen LogP contribution is 2.18. The molecule has 0 radical (unpaired) electrons. The first-order valence-electron chi connectivity index (χ1n) is 4.52. The Kier molecular flexibility index (Phi) is 3.17. The molecular formula is C10H8ClN3OS. The molecule has 82 valence electrons. The molecule has 2 aromatic rings. The van der Waals surface area contributed by atoms with Crippen LogP contribution in [0.4, 0.5) is 0 Å². The van der Waals surface area contributed by atoms with Gasteiger partial charge < -0.3 is 10.3 Å². The van der Waals surface area contributed by atoms with Crippen LogP contribution in [0, 0.1) is 0 Å². The van der Waals surface area contributed by atoms with Gasteiger partial charge in [-0.3, -0.25) is 0 Å². The molecule has 0 spiro atoms. The zero-order chi connectivity index (χ0) is 11.5. The van der Waals surface area contributed by atoms with Gasteiger partial charge in [0.25, 0.3) is 0 Å². The summed E-state index contributed by atoms with van der Waals surface area (Å²) in [6, 6.07) is 7.16. The van der Waals surface area contributed by atoms with E-state index >= 15 is 0 Å². The van der Waals surface area contributed by atoms with Gasteiger partial charge in [0.2, 0.25) is 11.7 Å². The van der Waals surface area contributed by atoms with E-state index in [0.29, 0.717) is 28.1 Å². The number of nitrogens with two attached hydrogens (primary N) is 1. The first-order valence-corrected chi connectivity index (χ1v) is 5.30. The molecule has 0 saturated carbocycles. The third-order valence-electron chi connectivity index (χ3n) is 1.90. The van der Waals surface area contributed by atoms with Gasteiger partial charge in [-0.05, 0) is 24.3 Å². The minimum atomic E-state index is 0.315. The standard InChI is InChI=1S/C10H8ClN3OS/c11-7-3-1-6(2-4-7)10-13-9(15-14-10)5-8(12)16/h1-4H,5H2,(H2,12,16). The van der Waals surface area contributed by atoms with Crippen LogP contribution in [0.15, 0.2) is 28.8 Å². The van der Waals surface area contributed by atoms with Crippen molar-refractivity contribution in [3.8, 4) is 11.4 Å². The van der Waals surface area contributed by atoms with Crippen LogP contribution in [0.3, 0.4) is 0 Å². The van der Waals surface area contributed by atoms with Crippen molar-refractivity contribution in [2.45, 2.75) is 6.42 Å². The summed E-state index contributed by atoms with van der Waals surface area (Å²) in [4.78, 5) is 4.49. The normalized spacial score (nSPS) is 10.3. The van der Waals surface area contributed by atoms with Gasteiger partial charge in [-0.2, -0.15) is 4.98 Å². The molecule has 0 atom stereocenters. The van der Waals surface area contributed by atoms with Crippen molar-refractivity contribution in [2.24, 2.45) is 5.73 Å². The van der Waals surface area contributed by atoms with E-state index in [9.17, 15) is 0 Å². The Labute approximate surface area is 102 Å². The number of aromatic nitrogens is 2. The highest BCUT2D eigenvalue weighted by Gasteiger charge is 2.08. The average molecular weight is 254 g/mol. The summed E-state index contributed by atoms with van der Waals surface area (Å²) in [5.74, 6) is 0.917. The molecule has 4 nitrogen and oxygen atoms in total. The van der Waals surface area contributed by atoms with Crippen molar-refractivity contribution in [3.63, 3.8) is 0 Å². The Morgan fingerprint density at radius 2 is 2.06 bits per heavy atom. The van der Waals surface area contributed by atoms with Crippen molar-refractivity contribution in [3.05, 3.63) is 35.2 Å². The predicted molar refractivity (Wildman–Crippen MR) is 65.2 cm³/mol. The number of halogens is 1. The third kappa shape index (κ3) is 2.56. The van der Waals surface area contributed by atoms with Gasteiger partial charge in [-0.15, -0.1) is 0 Å². The number of rotatable bonds is 3. The van der Waals surface area contributed by atoms with Crippen LogP contribution in [-0.4, -0.2) is 15.1 Å². The summed E-state index contributed by atoms with van der Waals surface area (Å²) >= 11 is 10.5. The second kappa shape index (κ2) is 4.59. The van der Waals surface area contributed by atoms with E-state index in [0.717, 1.165) is 5.56 Å². The smallest absolute Gasteiger partial charge is 0.233 e. The maximum Gasteiger partial charge on any atom is 0.233 e. The average Bonchev–Trinajstić information content (AvgIpc) is 2.66. The second-order valence-electron chi connectivity index (χ2n) is 3.16. The Morgan fingerprint density at radius 3 is 2.69 bits per heavy atom. The van der Waals surface area contributed by atoms with Crippen LogP contribution >= 0.6 is 23.8 Å². The minimum absolute atomic E-state index is 0.315. The number of hydrogen-bond acceptors (Lipinski definition) is 4. The van der Waals surface area contributed by atoms with E-state index in [1.807, 2.05) is 12.1 Å². The molecule has 0 bridgehead atoms. The minimum Gasteiger partial charge on any atom is -0.393 e. The second-order valence-corrected chi connectivity index (χ2v) is 4.12. The van der Waals surface area contributed by atoms with Crippen molar-refractivity contribution >= 4 is 28.8 Å². The molecule has 1 aromatic carbocycles. The topological polar surface area (TPSA) is 64.9 Å². The van der Waals surface area contributed by atoms with E-state index in [1.165, 1.54) is 0 Å². The number of hydrogen-bond donors (Lipinski definition) is 1. The molecule has 0 aliphatic rings. The van der Waals surface area contributed by atoms with Crippen LogP contribution in [0.2, 0.25) is 5.02 Å². The van der Waals surface area contributed by atoms with Crippen LogP contribution < -0.4 is 5.73 Å². The molecule has 16 heavy (non-hydrogen) atoms. The van der Waals surface area contributed by atoms with Gasteiger partial charge in [0, 0.05) is 10.6 Å². The van der Waals surface area contributed by atoms with Crippen LogP contribution in [-0.2, 0) is 6.42 Å². The fourth-order valence-electron chi connectivity index (χ4n) is 1.19. The quantitative estimate of drug-likeness (QED) is 0.850. The van der Waals surface area contributed by atoms with E-state index in [4.69, 9.17) is 34.1 Å². The molecule has 2 rings (SSSR count). The van der Waals surface area contributed by atoms with Gasteiger partial charge in [0.1, 0.15) is 0 Å². The Balaban J connectivity index is 2.24. The van der Waals surface area contributed by atoms with E-state index in [-0.39, 0.29) is 0 Å². The zero-order valence-electron chi connectivity index (χ0n) is 8.18. The van der Waals surface area contributed by atoms with Crippen molar-refractivity contribution in [1.29, 1.82) is 0 Å². The fraction of sp³-hybridized carbons (Fsp3) is 0.100. The lowest BCUT2D eigenvalue weighted by Gasteiger charge is -1.93. The number of nitrogens with zero attached hydrogens (tertiary/aromatic N) is 2. The van der Waals surface area contributed by atoms with Crippen LogP contribution in [0.1, 0.15) is 5.89 Å². The summed E-state index contributed by atoms with van der Waals surface area (Å²) in [5.41, 5.74) is 6.21. The highest BCUT2D eigenvalue weighted by atomic mass is 35.5. The largest absolute Gasteiger partial charge is 0.393 e. The molecule has 0 amide bonds. The molecule has 2 N–H and O–H groups in total. The first kappa shape index (κ1) is 11.0. The summed E-state index contributed by atoms with van der Waals surface area (Å²) in [5, 5.41) is 4.49. The van der Waals surface area contributed by atoms with Crippen molar-refractivity contribution in [1.82, 2.24) is 10.1 Å². The first-order chi connectivity index (χ1) is 7.65. The Morgan fingerprint density at radius 1 is 1.38 bits per heavy atom. The molecule has 6 heteroatoms. The maximum atomic E-state index is 5.78. The molecule has 0 unspecified atom stereocenters. The van der Waals surface area contributed by atoms with Crippen molar-refractivity contribution in [2.75, 3.05) is 0 Å². The Bertz CT molecular complexity index is 509. The third-order valence-corrected chi connectivity index (χ3v) is 2.29. The van der Waals surface area contributed by atoms with Gasteiger partial charge in [-0.1, -0.05) is 29.0 Å². The Hall–Kier alpha value is -1.46. The lowest BCUT2D eigenvalue weighted by Crippen LogP contribution is -2.11. The summed E-state index contributed by atoms with van der Waals surface area (Å²) in [7, 11) is 0. The molecule has 1 heterocycles. The molecule has 0 aliphatic carbocycles. The summed E-state index contributed by atoms with van der Waals surface area (Å²) in [6.07, 6.45) is 0.315. The SMILES string of the molecule is NC(=S)Cc1nc(-c2ccc(Cl)cc2)no1. The van der Waals surface area contributed by atoms with E-state index in [2.05, 4.69) is 10.1 Å². The predicted octanol–water partition coefficient (Wildman–Crippen LogP) is 2.22. The van der Waals surface area contributed by atoms with E-state index in [1.54, 1.807) is 12.1 Å². The molecule has 1 aromatic heterocycles. The van der Waals surface area contributed by atoms with Crippen LogP contribution in [0.5, 0.6) is 0 Å². The monoisotopic (exact) mass is 253 g/mol. The zero-order valence-corrected chi connectivity index (χ0v) is 9.76. The van der Waals surface area contributed by atoms with Gasteiger partial charge in [-0.25, -0.2) is 0 Å². The molecular weight excluding hydrogens is 246 g/mol. The summed E-state index contributed by atoms with van der Waals surface area (Å²) in [6.45, 7) is 0. The highest BCUT2D eigenvalue weighted by molar-refractivity contribution is 7.80. The lowest BCUT2D eigenvalue weighted by molar-refractivity contribution is 0.389. The fourth-order valence-corrected chi connectivity index (χ4v) is 1.44.